The van der Waals surface area contributed by atoms with Crippen LogP contribution in [0, 0.1) is 0 Å². The maximum absolute atomic E-state index is 5.99. The van der Waals surface area contributed by atoms with Gasteiger partial charge in [0.1, 0.15) is 5.75 Å². The minimum atomic E-state index is 0.577. The van der Waals surface area contributed by atoms with Gasteiger partial charge in [-0.05, 0) is 48.4 Å². The monoisotopic (exact) mass is 309 g/mol. The Hall–Kier alpha value is -1.38. The first-order valence-electron chi connectivity index (χ1n) is 6.59. The first-order valence-corrected chi connectivity index (χ1v) is 7.35. The Morgan fingerprint density at radius 3 is 2.40 bits per heavy atom. The van der Waals surface area contributed by atoms with Crippen molar-refractivity contribution in [2.75, 3.05) is 11.9 Å². The number of hydrogen-bond acceptors (Lipinski definition) is 2. The second-order valence-electron chi connectivity index (χ2n) is 4.47. The molecule has 0 unspecified atom stereocenters. The van der Waals surface area contributed by atoms with Crippen LogP contribution in [0.15, 0.2) is 42.5 Å². The smallest absolute Gasteiger partial charge is 0.119 e. The highest BCUT2D eigenvalue weighted by Crippen LogP contribution is 2.23. The molecule has 0 heterocycles. The highest BCUT2D eigenvalue weighted by atomic mass is 35.5. The summed E-state index contributed by atoms with van der Waals surface area (Å²) < 4.78 is 5.54. The van der Waals surface area contributed by atoms with Gasteiger partial charge in [-0.2, -0.15) is 0 Å². The molecule has 0 saturated carbocycles. The summed E-state index contributed by atoms with van der Waals surface area (Å²) in [5, 5.41) is 4.49. The molecular formula is C16H17Cl2NO. The Balaban J connectivity index is 1.91. The second-order valence-corrected chi connectivity index (χ2v) is 5.29. The molecule has 2 aromatic rings. The van der Waals surface area contributed by atoms with Gasteiger partial charge in [-0.15, -0.1) is 0 Å². The van der Waals surface area contributed by atoms with E-state index in [-0.39, 0.29) is 0 Å². The predicted molar refractivity (Wildman–Crippen MR) is 86.0 cm³/mol. The predicted octanol–water partition coefficient (Wildman–Crippen LogP) is 5.39. The van der Waals surface area contributed by atoms with Crippen molar-refractivity contribution in [1.82, 2.24) is 0 Å². The Labute approximate surface area is 129 Å². The van der Waals surface area contributed by atoms with Crippen LogP contribution >= 0.6 is 23.2 Å². The first kappa shape index (κ1) is 15.0. The Morgan fingerprint density at radius 2 is 1.75 bits per heavy atom. The molecule has 0 aliphatic rings. The number of halogens is 2. The van der Waals surface area contributed by atoms with Crippen LogP contribution < -0.4 is 10.1 Å². The van der Waals surface area contributed by atoms with Crippen LogP contribution in [-0.4, -0.2) is 6.61 Å². The van der Waals surface area contributed by atoms with Crippen LogP contribution in [0.5, 0.6) is 5.75 Å². The standard InChI is InChI=1S/C16H17Cl2NO/c1-2-9-20-14-6-4-13(5-7-14)19-11-12-3-8-15(17)16(18)10-12/h3-8,10,19H,2,9,11H2,1H3. The van der Waals surface area contributed by atoms with Gasteiger partial charge in [0, 0.05) is 12.2 Å². The molecule has 20 heavy (non-hydrogen) atoms. The number of anilines is 1. The molecule has 4 heteroatoms. The van der Waals surface area contributed by atoms with E-state index in [1.807, 2.05) is 42.5 Å². The Kier molecular flexibility index (Phi) is 5.57. The third-order valence-electron chi connectivity index (χ3n) is 2.81. The van der Waals surface area contributed by atoms with Crippen LogP contribution in [0.2, 0.25) is 10.0 Å². The van der Waals surface area contributed by atoms with Gasteiger partial charge in [0.15, 0.2) is 0 Å². The fourth-order valence-electron chi connectivity index (χ4n) is 1.74. The third-order valence-corrected chi connectivity index (χ3v) is 3.55. The average Bonchev–Trinajstić information content (AvgIpc) is 2.47. The van der Waals surface area contributed by atoms with Gasteiger partial charge in [-0.25, -0.2) is 0 Å². The van der Waals surface area contributed by atoms with E-state index in [1.165, 1.54) is 0 Å². The molecule has 0 bridgehead atoms. The van der Waals surface area contributed by atoms with Crippen molar-refractivity contribution in [3.63, 3.8) is 0 Å². The van der Waals surface area contributed by atoms with E-state index in [0.29, 0.717) is 16.6 Å². The Morgan fingerprint density at radius 1 is 1.00 bits per heavy atom. The lowest BCUT2D eigenvalue weighted by molar-refractivity contribution is 0.317. The quantitative estimate of drug-likeness (QED) is 0.772. The van der Waals surface area contributed by atoms with E-state index >= 15 is 0 Å². The van der Waals surface area contributed by atoms with Crippen LogP contribution in [0.1, 0.15) is 18.9 Å². The van der Waals surface area contributed by atoms with Crippen molar-refractivity contribution in [2.24, 2.45) is 0 Å². The molecule has 0 fully saturated rings. The summed E-state index contributed by atoms with van der Waals surface area (Å²) in [4.78, 5) is 0. The average molecular weight is 310 g/mol. The minimum absolute atomic E-state index is 0.577. The van der Waals surface area contributed by atoms with Crippen LogP contribution in [0.4, 0.5) is 5.69 Å². The van der Waals surface area contributed by atoms with Crippen molar-refractivity contribution in [3.05, 3.63) is 58.1 Å². The van der Waals surface area contributed by atoms with E-state index in [2.05, 4.69) is 12.2 Å². The number of benzene rings is 2. The molecule has 0 spiro atoms. The normalized spacial score (nSPS) is 10.3. The highest BCUT2D eigenvalue weighted by molar-refractivity contribution is 6.42. The topological polar surface area (TPSA) is 21.3 Å². The lowest BCUT2D eigenvalue weighted by Gasteiger charge is -2.09. The van der Waals surface area contributed by atoms with Crippen molar-refractivity contribution >= 4 is 28.9 Å². The Bertz CT molecular complexity index is 555. The number of hydrogen-bond donors (Lipinski definition) is 1. The van der Waals surface area contributed by atoms with Crippen molar-refractivity contribution in [1.29, 1.82) is 0 Å². The van der Waals surface area contributed by atoms with Gasteiger partial charge in [0.2, 0.25) is 0 Å². The van der Waals surface area contributed by atoms with Gasteiger partial charge in [0.05, 0.1) is 16.7 Å². The van der Waals surface area contributed by atoms with Gasteiger partial charge in [0.25, 0.3) is 0 Å². The van der Waals surface area contributed by atoms with Gasteiger partial charge < -0.3 is 10.1 Å². The van der Waals surface area contributed by atoms with Gasteiger partial charge >= 0.3 is 0 Å². The van der Waals surface area contributed by atoms with Crippen molar-refractivity contribution in [2.45, 2.75) is 19.9 Å². The van der Waals surface area contributed by atoms with Gasteiger partial charge in [-0.1, -0.05) is 36.2 Å². The largest absolute Gasteiger partial charge is 0.494 e. The number of ether oxygens (including phenoxy) is 1. The second kappa shape index (κ2) is 7.41. The first-order chi connectivity index (χ1) is 9.69. The molecular weight excluding hydrogens is 293 g/mol. The third kappa shape index (κ3) is 4.32. The highest BCUT2D eigenvalue weighted by Gasteiger charge is 2.00. The summed E-state index contributed by atoms with van der Waals surface area (Å²) in [5.74, 6) is 0.895. The van der Waals surface area contributed by atoms with E-state index in [1.54, 1.807) is 0 Å². The van der Waals surface area contributed by atoms with Crippen LogP contribution in [0.3, 0.4) is 0 Å². The van der Waals surface area contributed by atoms with Crippen molar-refractivity contribution < 1.29 is 4.74 Å². The molecule has 0 amide bonds. The van der Waals surface area contributed by atoms with Gasteiger partial charge in [-0.3, -0.25) is 0 Å². The number of rotatable bonds is 6. The van der Waals surface area contributed by atoms with Crippen molar-refractivity contribution in [3.8, 4) is 5.75 Å². The lowest BCUT2D eigenvalue weighted by Crippen LogP contribution is -2.00. The van der Waals surface area contributed by atoms with Crippen LogP contribution in [0.25, 0.3) is 0 Å². The molecule has 0 aromatic heterocycles. The zero-order valence-corrected chi connectivity index (χ0v) is 12.8. The summed E-state index contributed by atoms with van der Waals surface area (Å²) >= 11 is 11.9. The molecule has 106 valence electrons. The van der Waals surface area contributed by atoms with E-state index in [0.717, 1.165) is 30.0 Å². The SMILES string of the molecule is CCCOc1ccc(NCc2ccc(Cl)c(Cl)c2)cc1. The summed E-state index contributed by atoms with van der Waals surface area (Å²) in [6, 6.07) is 13.6. The van der Waals surface area contributed by atoms with E-state index in [9.17, 15) is 0 Å². The molecule has 1 N–H and O–H groups in total. The summed E-state index contributed by atoms with van der Waals surface area (Å²) in [5.41, 5.74) is 2.13. The maximum Gasteiger partial charge on any atom is 0.119 e. The minimum Gasteiger partial charge on any atom is -0.494 e. The fourth-order valence-corrected chi connectivity index (χ4v) is 2.06. The number of nitrogens with one attached hydrogen (secondary N) is 1. The summed E-state index contributed by atoms with van der Waals surface area (Å²) in [7, 11) is 0. The molecule has 2 rings (SSSR count). The van der Waals surface area contributed by atoms with Crippen LogP contribution in [-0.2, 0) is 6.54 Å². The molecule has 0 aliphatic carbocycles. The summed E-state index contributed by atoms with van der Waals surface area (Å²) in [6.45, 7) is 3.54. The summed E-state index contributed by atoms with van der Waals surface area (Å²) in [6.07, 6.45) is 1.01. The molecule has 0 aliphatic heterocycles. The zero-order chi connectivity index (χ0) is 14.4. The molecule has 0 saturated heterocycles. The fraction of sp³-hybridized carbons (Fsp3) is 0.250. The maximum atomic E-state index is 5.99. The zero-order valence-electron chi connectivity index (χ0n) is 11.3. The lowest BCUT2D eigenvalue weighted by atomic mass is 10.2. The van der Waals surface area contributed by atoms with E-state index in [4.69, 9.17) is 27.9 Å². The molecule has 2 aromatic carbocycles. The molecule has 2 nitrogen and oxygen atoms in total. The molecule has 0 atom stereocenters. The van der Waals surface area contributed by atoms with E-state index < -0.39 is 0 Å². The molecule has 0 radical (unpaired) electrons.